The van der Waals surface area contributed by atoms with E-state index in [1.165, 1.54) is 17.9 Å². The number of hydrogen-bond acceptors (Lipinski definition) is 8. The van der Waals surface area contributed by atoms with Crippen LogP contribution in [0, 0.1) is 6.92 Å². The first kappa shape index (κ1) is 15.5. The van der Waals surface area contributed by atoms with Crippen molar-refractivity contribution >= 4 is 28.1 Å². The van der Waals surface area contributed by atoms with Gasteiger partial charge in [-0.15, -0.1) is 0 Å². The van der Waals surface area contributed by atoms with Gasteiger partial charge in [0.25, 0.3) is 5.78 Å². The minimum Gasteiger partial charge on any atom is -0.494 e. The highest BCUT2D eigenvalue weighted by atomic mass is 32.1. The number of aromatic nitrogens is 6. The normalized spacial score (nSPS) is 11.0. The quantitative estimate of drug-likeness (QED) is 0.589. The van der Waals surface area contributed by atoms with Crippen LogP contribution in [0.15, 0.2) is 36.8 Å². The second-order valence-electron chi connectivity index (χ2n) is 5.25. The molecule has 0 bridgehead atoms. The van der Waals surface area contributed by atoms with Gasteiger partial charge in [0, 0.05) is 23.4 Å². The van der Waals surface area contributed by atoms with Crippen molar-refractivity contribution in [3.8, 4) is 17.1 Å². The fourth-order valence-corrected chi connectivity index (χ4v) is 2.97. The molecule has 0 unspecified atom stereocenters. The van der Waals surface area contributed by atoms with Crippen molar-refractivity contribution in [3.63, 3.8) is 0 Å². The first-order valence-electron chi connectivity index (χ1n) is 7.74. The molecule has 0 aliphatic rings. The number of nitrogens with one attached hydrogen (secondary N) is 1. The van der Waals surface area contributed by atoms with Crippen LogP contribution in [0.5, 0.6) is 5.75 Å². The number of rotatable bonds is 5. The Balaban J connectivity index is 1.57. The third-order valence-electron chi connectivity index (χ3n) is 3.55. The van der Waals surface area contributed by atoms with E-state index >= 15 is 0 Å². The lowest BCUT2D eigenvalue weighted by atomic mass is 10.2. The van der Waals surface area contributed by atoms with Gasteiger partial charge in [0.05, 0.1) is 17.9 Å². The van der Waals surface area contributed by atoms with Crippen molar-refractivity contribution in [3.05, 3.63) is 42.5 Å². The van der Waals surface area contributed by atoms with E-state index in [9.17, 15) is 0 Å². The number of aryl methyl sites for hydroxylation is 1. The summed E-state index contributed by atoms with van der Waals surface area (Å²) in [7, 11) is 0. The summed E-state index contributed by atoms with van der Waals surface area (Å²) in [6.45, 7) is 4.52. The number of ether oxygens (including phenoxy) is 1. The van der Waals surface area contributed by atoms with Gasteiger partial charge in [0.15, 0.2) is 5.82 Å². The Morgan fingerprint density at radius 1 is 1.20 bits per heavy atom. The Bertz CT molecular complexity index is 1010. The summed E-state index contributed by atoms with van der Waals surface area (Å²) in [6, 6.07) is 7.72. The summed E-state index contributed by atoms with van der Waals surface area (Å²) < 4.78 is 11.5. The first-order valence-corrected chi connectivity index (χ1v) is 8.51. The summed E-state index contributed by atoms with van der Waals surface area (Å²) in [6.07, 6.45) is 3.31. The van der Waals surface area contributed by atoms with E-state index in [0.29, 0.717) is 23.3 Å². The van der Waals surface area contributed by atoms with E-state index in [1.54, 1.807) is 4.52 Å². The maximum absolute atomic E-state index is 5.44. The Kier molecular flexibility index (Phi) is 3.98. The van der Waals surface area contributed by atoms with Gasteiger partial charge in [-0.25, -0.2) is 9.50 Å². The molecule has 4 aromatic rings. The Labute approximate surface area is 147 Å². The third-order valence-corrected chi connectivity index (χ3v) is 4.18. The minimum absolute atomic E-state index is 0.559. The molecule has 0 atom stereocenters. The second kappa shape index (κ2) is 6.44. The fraction of sp³-hybridized carbons (Fsp3) is 0.188. The highest BCUT2D eigenvalue weighted by molar-refractivity contribution is 7.09. The van der Waals surface area contributed by atoms with Crippen LogP contribution in [-0.2, 0) is 0 Å². The standard InChI is InChI=1S/C16H15N7OS/c1-3-24-12-6-4-11(5-7-12)20-16-21-14(22-25-16)13-8-23-15(17-9-18-23)19-10(13)2/h4-9H,3H2,1-2H3,(H,20,21,22). The lowest BCUT2D eigenvalue weighted by Crippen LogP contribution is -1.97. The highest BCUT2D eigenvalue weighted by Gasteiger charge is 2.13. The minimum atomic E-state index is 0.559. The lowest BCUT2D eigenvalue weighted by molar-refractivity contribution is 0.340. The molecule has 3 heterocycles. The van der Waals surface area contributed by atoms with E-state index in [4.69, 9.17) is 4.74 Å². The van der Waals surface area contributed by atoms with Crippen LogP contribution < -0.4 is 10.1 Å². The average molecular weight is 353 g/mol. The molecule has 0 saturated heterocycles. The number of nitrogens with zero attached hydrogens (tertiary/aromatic N) is 6. The van der Waals surface area contributed by atoms with Crippen LogP contribution >= 0.6 is 11.5 Å². The predicted molar refractivity (Wildman–Crippen MR) is 95.3 cm³/mol. The van der Waals surface area contributed by atoms with E-state index in [0.717, 1.165) is 22.7 Å². The fourth-order valence-electron chi connectivity index (χ4n) is 2.37. The molecule has 3 aromatic heterocycles. The van der Waals surface area contributed by atoms with Crippen molar-refractivity contribution in [1.29, 1.82) is 0 Å². The van der Waals surface area contributed by atoms with Gasteiger partial charge >= 0.3 is 0 Å². The zero-order valence-corrected chi connectivity index (χ0v) is 14.5. The number of anilines is 2. The van der Waals surface area contributed by atoms with Crippen molar-refractivity contribution in [2.45, 2.75) is 13.8 Å². The summed E-state index contributed by atoms with van der Waals surface area (Å²) >= 11 is 1.29. The molecule has 0 spiro atoms. The van der Waals surface area contributed by atoms with Crippen LogP contribution in [0.2, 0.25) is 0 Å². The molecular formula is C16H15N7OS. The van der Waals surface area contributed by atoms with Gasteiger partial charge in [0.2, 0.25) is 5.13 Å². The molecule has 0 amide bonds. The third kappa shape index (κ3) is 3.13. The summed E-state index contributed by atoms with van der Waals surface area (Å²) in [5.74, 6) is 2.01. The largest absolute Gasteiger partial charge is 0.494 e. The zero-order valence-electron chi connectivity index (χ0n) is 13.7. The molecule has 25 heavy (non-hydrogen) atoms. The summed E-state index contributed by atoms with van der Waals surface area (Å²) in [4.78, 5) is 13.0. The molecule has 0 saturated carbocycles. The van der Waals surface area contributed by atoms with E-state index in [2.05, 4.69) is 29.7 Å². The topological polar surface area (TPSA) is 90.1 Å². The van der Waals surface area contributed by atoms with Crippen molar-refractivity contribution in [2.75, 3.05) is 11.9 Å². The summed E-state index contributed by atoms with van der Waals surface area (Å²) in [5, 5.41) is 8.06. The highest BCUT2D eigenvalue weighted by Crippen LogP contribution is 2.26. The molecule has 0 radical (unpaired) electrons. The second-order valence-corrected chi connectivity index (χ2v) is 6.00. The Hall–Kier alpha value is -3.07. The van der Waals surface area contributed by atoms with Crippen molar-refractivity contribution in [2.24, 2.45) is 0 Å². The lowest BCUT2D eigenvalue weighted by Gasteiger charge is -2.05. The number of benzene rings is 1. The van der Waals surface area contributed by atoms with Gasteiger partial charge in [0.1, 0.15) is 12.1 Å². The first-order chi connectivity index (χ1) is 12.2. The molecule has 0 aliphatic carbocycles. The van der Waals surface area contributed by atoms with E-state index in [1.807, 2.05) is 44.3 Å². The Morgan fingerprint density at radius 2 is 2.04 bits per heavy atom. The van der Waals surface area contributed by atoms with Crippen LogP contribution in [0.3, 0.4) is 0 Å². The van der Waals surface area contributed by atoms with E-state index < -0.39 is 0 Å². The molecule has 0 aliphatic heterocycles. The molecule has 126 valence electrons. The average Bonchev–Trinajstić information content (AvgIpc) is 3.25. The zero-order chi connectivity index (χ0) is 17.2. The van der Waals surface area contributed by atoms with Crippen LogP contribution in [0.1, 0.15) is 12.6 Å². The number of fused-ring (bicyclic) bond motifs is 1. The molecule has 8 nitrogen and oxygen atoms in total. The van der Waals surface area contributed by atoms with Crippen LogP contribution in [-0.4, -0.2) is 35.5 Å². The van der Waals surface area contributed by atoms with Crippen LogP contribution in [0.25, 0.3) is 17.2 Å². The predicted octanol–water partition coefficient (Wildman–Crippen LogP) is 3.09. The molecular weight excluding hydrogens is 338 g/mol. The number of hydrogen-bond donors (Lipinski definition) is 1. The van der Waals surface area contributed by atoms with Gasteiger partial charge < -0.3 is 10.1 Å². The maximum atomic E-state index is 5.44. The van der Waals surface area contributed by atoms with Gasteiger partial charge in [-0.2, -0.15) is 19.4 Å². The molecule has 1 aromatic carbocycles. The molecule has 9 heteroatoms. The smallest absolute Gasteiger partial charge is 0.252 e. The molecule has 1 N–H and O–H groups in total. The maximum Gasteiger partial charge on any atom is 0.252 e. The summed E-state index contributed by atoms with van der Waals surface area (Å²) in [5.41, 5.74) is 2.56. The molecule has 0 fully saturated rings. The monoisotopic (exact) mass is 353 g/mol. The van der Waals surface area contributed by atoms with Gasteiger partial charge in [-0.1, -0.05) is 0 Å². The Morgan fingerprint density at radius 3 is 2.84 bits per heavy atom. The van der Waals surface area contributed by atoms with Crippen LogP contribution in [0.4, 0.5) is 10.8 Å². The SMILES string of the molecule is CCOc1ccc(Nc2nc(-c3cn4ncnc4nc3C)ns2)cc1. The van der Waals surface area contributed by atoms with Crippen molar-refractivity contribution < 1.29 is 4.74 Å². The van der Waals surface area contributed by atoms with Gasteiger partial charge in [-0.3, -0.25) is 0 Å². The van der Waals surface area contributed by atoms with E-state index in [-0.39, 0.29) is 0 Å². The van der Waals surface area contributed by atoms with Crippen molar-refractivity contribution in [1.82, 2.24) is 28.9 Å². The van der Waals surface area contributed by atoms with Gasteiger partial charge in [-0.05, 0) is 38.1 Å². The molecule has 4 rings (SSSR count).